The average Bonchev–Trinajstić information content (AvgIpc) is 3.21. The fourth-order valence-electron chi connectivity index (χ4n) is 4.92. The molecule has 3 heterocycles. The van der Waals surface area contributed by atoms with Crippen molar-refractivity contribution < 1.29 is 9.13 Å². The zero-order valence-corrected chi connectivity index (χ0v) is 18.2. The largest absolute Gasteiger partial charge is 0.488 e. The van der Waals surface area contributed by atoms with E-state index in [1.807, 2.05) is 18.5 Å². The first-order chi connectivity index (χ1) is 15.7. The Hall–Kier alpha value is -3.35. The highest BCUT2D eigenvalue weighted by molar-refractivity contribution is 6.02. The Balaban J connectivity index is 1.30. The summed E-state index contributed by atoms with van der Waals surface area (Å²) < 4.78 is 19.5. The Kier molecular flexibility index (Phi) is 4.63. The minimum atomic E-state index is -0.224. The van der Waals surface area contributed by atoms with Gasteiger partial charge in [0.15, 0.2) is 11.6 Å². The molecule has 2 aromatic carbocycles. The molecule has 1 fully saturated rings. The smallest absolute Gasteiger partial charge is 0.185 e. The van der Waals surface area contributed by atoms with Gasteiger partial charge in [0.05, 0.1) is 37.7 Å². The monoisotopic (exact) mass is 431 g/mol. The highest BCUT2D eigenvalue weighted by Gasteiger charge is 2.32. The quantitative estimate of drug-likeness (QED) is 0.744. The van der Waals surface area contributed by atoms with Crippen LogP contribution in [0.15, 0.2) is 52.1 Å². The van der Waals surface area contributed by atoms with Crippen LogP contribution in [0.3, 0.4) is 0 Å². The highest BCUT2D eigenvalue weighted by atomic mass is 19.1. The van der Waals surface area contributed by atoms with Crippen molar-refractivity contribution in [3.8, 4) is 0 Å². The van der Waals surface area contributed by atoms with Gasteiger partial charge in [-0.05, 0) is 72.9 Å². The minimum Gasteiger partial charge on any atom is -0.488 e. The maximum atomic E-state index is 13.4. The second-order valence-corrected chi connectivity index (χ2v) is 8.68. The lowest BCUT2D eigenvalue weighted by Crippen LogP contribution is -2.55. The number of ether oxygens (including phenoxy) is 1. The van der Waals surface area contributed by atoms with Gasteiger partial charge in [0, 0.05) is 12.2 Å². The van der Waals surface area contributed by atoms with E-state index in [1.54, 1.807) is 0 Å². The summed E-state index contributed by atoms with van der Waals surface area (Å²) in [6.07, 6.45) is 6.30. The fraction of sp³-hybridized carbons (Fsp3) is 0.360. The zero-order valence-electron chi connectivity index (χ0n) is 18.2. The fourth-order valence-corrected chi connectivity index (χ4v) is 4.92. The minimum absolute atomic E-state index is 0.224. The molecule has 0 N–H and O–H groups in total. The van der Waals surface area contributed by atoms with Crippen LogP contribution in [-0.4, -0.2) is 56.0 Å². The number of fused-ring (bicyclic) bond motifs is 2. The van der Waals surface area contributed by atoms with Gasteiger partial charge in [0.1, 0.15) is 12.4 Å². The standard InChI is InChI=1S/C25H26FN5O/c1-17-15-29(16-28-17)23-9-2-18(21-7-8-22(21)23)14-24-25-27-10-11-30(31(25)12-13-32-24)20-5-3-19(26)4-6-20/h2-6,9,14,16-17H,7-8,10-13,15H2,1H3/b24-14-. The van der Waals surface area contributed by atoms with E-state index in [0.717, 1.165) is 49.8 Å². The van der Waals surface area contributed by atoms with Crippen molar-refractivity contribution in [2.75, 3.05) is 42.7 Å². The first-order valence-corrected chi connectivity index (χ1v) is 11.3. The Morgan fingerprint density at radius 2 is 1.88 bits per heavy atom. The van der Waals surface area contributed by atoms with Crippen LogP contribution in [0.25, 0.3) is 6.08 Å². The zero-order chi connectivity index (χ0) is 21.7. The SMILES string of the molecule is CC1CN(c2ccc(/C=C3\OCCN4C3=NCCN4c3ccc(F)cc3)c3c2CC3)C=N1. The summed E-state index contributed by atoms with van der Waals surface area (Å²) in [5.74, 6) is 1.43. The summed E-state index contributed by atoms with van der Waals surface area (Å²) in [4.78, 5) is 11.6. The lowest BCUT2D eigenvalue weighted by atomic mass is 9.82. The van der Waals surface area contributed by atoms with Crippen LogP contribution in [0, 0.1) is 5.82 Å². The third-order valence-corrected chi connectivity index (χ3v) is 6.60. The molecule has 1 unspecified atom stereocenters. The van der Waals surface area contributed by atoms with Crippen molar-refractivity contribution in [1.29, 1.82) is 0 Å². The highest BCUT2D eigenvalue weighted by Crippen LogP contribution is 2.37. The third kappa shape index (κ3) is 3.23. The number of morpholine rings is 1. The van der Waals surface area contributed by atoms with Gasteiger partial charge in [-0.25, -0.2) is 4.39 Å². The summed E-state index contributed by atoms with van der Waals surface area (Å²) in [7, 11) is 0. The number of hydrazine groups is 1. The number of hydrogen-bond acceptors (Lipinski definition) is 6. The Labute approximate surface area is 187 Å². The molecule has 0 saturated carbocycles. The van der Waals surface area contributed by atoms with E-state index in [2.05, 4.69) is 45.0 Å². The van der Waals surface area contributed by atoms with Crippen LogP contribution in [0.2, 0.25) is 0 Å². The average molecular weight is 432 g/mol. The summed E-state index contributed by atoms with van der Waals surface area (Å²) in [5.41, 5.74) is 6.28. The van der Waals surface area contributed by atoms with E-state index >= 15 is 0 Å². The van der Waals surface area contributed by atoms with Gasteiger partial charge in [-0.1, -0.05) is 6.07 Å². The molecule has 0 amide bonds. The lowest BCUT2D eigenvalue weighted by Gasteiger charge is -2.44. The number of anilines is 2. The van der Waals surface area contributed by atoms with E-state index in [9.17, 15) is 4.39 Å². The molecule has 0 spiro atoms. The van der Waals surface area contributed by atoms with Crippen LogP contribution >= 0.6 is 0 Å². The topological polar surface area (TPSA) is 43.7 Å². The molecule has 2 aromatic rings. The van der Waals surface area contributed by atoms with Crippen LogP contribution in [0.1, 0.15) is 23.6 Å². The third-order valence-electron chi connectivity index (χ3n) is 6.60. The van der Waals surface area contributed by atoms with E-state index in [0.29, 0.717) is 19.2 Å². The first kappa shape index (κ1) is 19.3. The van der Waals surface area contributed by atoms with Crippen LogP contribution in [0.5, 0.6) is 0 Å². The lowest BCUT2D eigenvalue weighted by molar-refractivity contribution is 0.160. The Bertz CT molecular complexity index is 1140. The number of amidine groups is 1. The van der Waals surface area contributed by atoms with Crippen molar-refractivity contribution in [2.24, 2.45) is 9.98 Å². The molecule has 7 heteroatoms. The molecule has 4 aliphatic rings. The summed E-state index contributed by atoms with van der Waals surface area (Å²) >= 11 is 0. The first-order valence-electron chi connectivity index (χ1n) is 11.3. The maximum absolute atomic E-state index is 13.4. The predicted molar refractivity (Wildman–Crippen MR) is 126 cm³/mol. The van der Waals surface area contributed by atoms with Gasteiger partial charge in [0.2, 0.25) is 0 Å². The number of halogens is 1. The number of hydrogen-bond donors (Lipinski definition) is 0. The summed E-state index contributed by atoms with van der Waals surface area (Å²) in [5, 5.41) is 4.34. The van der Waals surface area contributed by atoms with Crippen LogP contribution in [-0.2, 0) is 17.6 Å². The van der Waals surface area contributed by atoms with Crippen LogP contribution in [0.4, 0.5) is 15.8 Å². The molecule has 6 rings (SSSR count). The van der Waals surface area contributed by atoms with E-state index in [1.165, 1.54) is 34.5 Å². The van der Waals surface area contributed by atoms with E-state index in [4.69, 9.17) is 9.73 Å². The molecule has 6 nitrogen and oxygen atoms in total. The normalized spacial score (nSPS) is 22.9. The number of benzene rings is 2. The van der Waals surface area contributed by atoms with Gasteiger partial charge in [-0.3, -0.25) is 20.0 Å². The van der Waals surface area contributed by atoms with E-state index in [-0.39, 0.29) is 5.82 Å². The van der Waals surface area contributed by atoms with Gasteiger partial charge in [0.25, 0.3) is 0 Å². The molecular formula is C25H26FN5O. The van der Waals surface area contributed by atoms with Crippen molar-refractivity contribution in [3.05, 3.63) is 64.7 Å². The Morgan fingerprint density at radius 1 is 1.03 bits per heavy atom. The second kappa shape index (κ2) is 7.65. The van der Waals surface area contributed by atoms with Crippen molar-refractivity contribution in [3.63, 3.8) is 0 Å². The molecule has 0 aromatic heterocycles. The van der Waals surface area contributed by atoms with Gasteiger partial charge in [-0.2, -0.15) is 0 Å². The molecule has 0 bridgehead atoms. The molecule has 164 valence electrons. The summed E-state index contributed by atoms with van der Waals surface area (Å²) in [6.45, 7) is 5.84. The molecule has 3 aliphatic heterocycles. The summed E-state index contributed by atoms with van der Waals surface area (Å²) in [6, 6.07) is 11.4. The van der Waals surface area contributed by atoms with Gasteiger partial charge in [-0.15, -0.1) is 0 Å². The molecule has 1 aliphatic carbocycles. The number of rotatable bonds is 3. The molecule has 32 heavy (non-hydrogen) atoms. The van der Waals surface area contributed by atoms with Crippen molar-refractivity contribution in [1.82, 2.24) is 5.01 Å². The second-order valence-electron chi connectivity index (χ2n) is 8.68. The number of aliphatic imine (C=N–C) groups is 2. The van der Waals surface area contributed by atoms with Crippen molar-refractivity contribution >= 4 is 29.6 Å². The van der Waals surface area contributed by atoms with Crippen molar-refractivity contribution in [2.45, 2.75) is 25.8 Å². The van der Waals surface area contributed by atoms with Gasteiger partial charge >= 0.3 is 0 Å². The molecular weight excluding hydrogens is 405 g/mol. The Morgan fingerprint density at radius 3 is 2.62 bits per heavy atom. The molecule has 0 radical (unpaired) electrons. The molecule has 1 atom stereocenters. The maximum Gasteiger partial charge on any atom is 0.185 e. The number of nitrogens with zero attached hydrogens (tertiary/aromatic N) is 5. The molecule has 1 saturated heterocycles. The van der Waals surface area contributed by atoms with Gasteiger partial charge < -0.3 is 9.64 Å². The predicted octanol–water partition coefficient (Wildman–Crippen LogP) is 3.67. The van der Waals surface area contributed by atoms with E-state index < -0.39 is 0 Å². The van der Waals surface area contributed by atoms with Crippen LogP contribution < -0.4 is 9.91 Å².